The highest BCUT2D eigenvalue weighted by molar-refractivity contribution is 7.91. The van der Waals surface area contributed by atoms with Crippen molar-refractivity contribution in [2.24, 2.45) is 0 Å². The Balaban J connectivity index is 0.923. The average molecular weight is 1510 g/mol. The summed E-state index contributed by atoms with van der Waals surface area (Å²) in [5.74, 6) is -0.280. The molecule has 21 nitrogen and oxygen atoms in total. The first kappa shape index (κ1) is 74.5. The molecule has 0 bridgehead atoms. The molecule has 12 rings (SSSR count). The molecule has 0 heterocycles. The molecule has 0 saturated carbocycles. The third kappa shape index (κ3) is 17.0. The second kappa shape index (κ2) is 30.1. The Morgan fingerprint density at radius 3 is 0.897 bits per heavy atom. The molecule has 12 aromatic rings. The van der Waals surface area contributed by atoms with E-state index in [9.17, 15) is 48.5 Å². The first-order valence-electron chi connectivity index (χ1n) is 32.4. The second-order valence-corrected chi connectivity index (χ2v) is 31.2. The van der Waals surface area contributed by atoms with Crippen molar-refractivity contribution in [3.63, 3.8) is 0 Å². The molecule has 0 aliphatic carbocycles. The number of hydrogen-bond acceptors (Lipinski definition) is 18. The quantitative estimate of drug-likeness (QED) is 0.0335. The van der Waals surface area contributed by atoms with Gasteiger partial charge >= 0.3 is 0 Å². The van der Waals surface area contributed by atoms with Crippen molar-refractivity contribution in [1.82, 2.24) is 0 Å². The zero-order valence-corrected chi connectivity index (χ0v) is 60.5. The fourth-order valence-corrected chi connectivity index (χ4v) is 14.3. The molecular formula is C82H62O21S4. The molecule has 540 valence electrons. The predicted molar refractivity (Wildman–Crippen MR) is 394 cm³/mol. The lowest BCUT2D eigenvalue weighted by molar-refractivity contribution is 0.102. The Labute approximate surface area is 616 Å². The maximum Gasteiger partial charge on any atom is 0.294 e. The minimum atomic E-state index is -4.78. The summed E-state index contributed by atoms with van der Waals surface area (Å²) in [4.78, 5) is 57.9. The van der Waals surface area contributed by atoms with E-state index >= 15 is 18.0 Å². The molecule has 3 N–H and O–H groups in total. The lowest BCUT2D eigenvalue weighted by atomic mass is 9.76. The molecule has 0 unspecified atom stereocenters. The third-order valence-corrected chi connectivity index (χ3v) is 21.7. The van der Waals surface area contributed by atoms with E-state index in [1.165, 1.54) is 153 Å². The van der Waals surface area contributed by atoms with E-state index in [1.54, 1.807) is 61.5 Å². The molecule has 0 spiro atoms. The topological polar surface area (TPSA) is 321 Å². The van der Waals surface area contributed by atoms with Crippen LogP contribution in [0.4, 0.5) is 0 Å². The van der Waals surface area contributed by atoms with Crippen molar-refractivity contribution in [3.05, 3.63) is 334 Å². The van der Waals surface area contributed by atoms with Gasteiger partial charge in [0.2, 0.25) is 9.84 Å². The van der Waals surface area contributed by atoms with Crippen molar-refractivity contribution in [2.75, 3.05) is 7.11 Å². The molecule has 0 aliphatic heterocycles. The van der Waals surface area contributed by atoms with Crippen molar-refractivity contribution in [2.45, 2.75) is 57.6 Å². The molecule has 0 atom stereocenters. The van der Waals surface area contributed by atoms with Crippen molar-refractivity contribution >= 4 is 63.3 Å². The zero-order chi connectivity index (χ0) is 76.3. The number of carbonyl (C=O) groups is 4. The van der Waals surface area contributed by atoms with Crippen LogP contribution >= 0.6 is 0 Å². The van der Waals surface area contributed by atoms with Gasteiger partial charge in [0.1, 0.15) is 63.2 Å². The zero-order valence-electron chi connectivity index (χ0n) is 57.2. The molecule has 12 aromatic carbocycles. The van der Waals surface area contributed by atoms with Gasteiger partial charge in [-0.15, -0.1) is 0 Å². The maximum absolute atomic E-state index is 15.4. The number of rotatable bonds is 26. The van der Waals surface area contributed by atoms with Gasteiger partial charge in [-0.1, -0.05) is 55.3 Å². The summed E-state index contributed by atoms with van der Waals surface area (Å²) < 4.78 is 166. The second-order valence-electron chi connectivity index (χ2n) is 25.0. The summed E-state index contributed by atoms with van der Waals surface area (Å²) in [5, 5.41) is 0. The van der Waals surface area contributed by atoms with E-state index < -0.39 is 72.7 Å². The van der Waals surface area contributed by atoms with Crippen LogP contribution in [-0.4, -0.2) is 77.6 Å². The van der Waals surface area contributed by atoms with Crippen molar-refractivity contribution < 1.29 is 94.9 Å². The monoisotopic (exact) mass is 1510 g/mol. The van der Waals surface area contributed by atoms with Gasteiger partial charge in [-0.05, 0) is 262 Å². The Morgan fingerprint density at radius 1 is 0.290 bits per heavy atom. The first-order chi connectivity index (χ1) is 50.8. The number of hydrogen-bond donors (Lipinski definition) is 3. The lowest BCUT2D eigenvalue weighted by Gasteiger charge is -2.28. The van der Waals surface area contributed by atoms with E-state index in [0.717, 1.165) is 48.0 Å². The highest BCUT2D eigenvalue weighted by Crippen LogP contribution is 2.42. The Bertz CT molecular complexity index is 5930. The van der Waals surface area contributed by atoms with E-state index in [0.29, 0.717) is 33.8 Å². The number of sulfone groups is 1. The SMILES string of the molecule is COc1ccc(C(C)(C)c2ccc(Oc3ccc(S(=O)(=O)c4ccc(C)cc4C(=O)c4ccc(Oc5ccc(S(=O)(=O)O)cc5)cc4)cc3C(=O)c3ccc(Oc4ccc(S(=O)(=O)O)cc4)cc3)c(C(=O)c3ccc(Oc4ccc(S(=O)(=O)O)cc4)cc3)c2)cc1C(=O)c1ccc(Oc2ccc(C)cc2)cc1. The van der Waals surface area contributed by atoms with Gasteiger partial charge in [0.05, 0.1) is 48.3 Å². The van der Waals surface area contributed by atoms with Crippen LogP contribution in [0.15, 0.2) is 291 Å². The number of aryl methyl sites for hydroxylation is 2. The van der Waals surface area contributed by atoms with Crippen LogP contribution in [-0.2, 0) is 45.6 Å². The maximum atomic E-state index is 15.4. The van der Waals surface area contributed by atoms with Crippen molar-refractivity contribution in [3.8, 4) is 63.2 Å². The minimum absolute atomic E-state index is 0.0289. The van der Waals surface area contributed by atoms with E-state index in [1.807, 2.05) is 45.0 Å². The third-order valence-electron chi connectivity index (χ3n) is 17.3. The molecule has 0 aliphatic rings. The van der Waals surface area contributed by atoms with Gasteiger partial charge in [-0.3, -0.25) is 32.8 Å². The number of ether oxygens (including phenoxy) is 6. The Morgan fingerprint density at radius 2 is 0.561 bits per heavy atom. The summed E-state index contributed by atoms with van der Waals surface area (Å²) in [6.45, 7) is 7.39. The number of ketones is 4. The summed E-state index contributed by atoms with van der Waals surface area (Å²) in [6.07, 6.45) is 0. The van der Waals surface area contributed by atoms with E-state index in [2.05, 4.69) is 0 Å². The first-order valence-corrected chi connectivity index (χ1v) is 38.2. The highest BCUT2D eigenvalue weighted by atomic mass is 32.2. The summed E-state index contributed by atoms with van der Waals surface area (Å²) in [5.41, 5.74) is 1.72. The molecular weight excluding hydrogens is 1450 g/mol. The Hall–Kier alpha value is -12.2. The fourth-order valence-electron chi connectivity index (χ4n) is 11.4. The van der Waals surface area contributed by atoms with Gasteiger partial charge in [0.25, 0.3) is 30.4 Å². The van der Waals surface area contributed by atoms with Crippen LogP contribution in [0, 0.1) is 13.8 Å². The summed E-state index contributed by atoms with van der Waals surface area (Å²) in [6, 6.07) is 63.8. The van der Waals surface area contributed by atoms with Gasteiger partial charge in [-0.2, -0.15) is 25.3 Å². The molecule has 0 amide bonds. The van der Waals surface area contributed by atoms with E-state index in [-0.39, 0.29) is 111 Å². The summed E-state index contributed by atoms with van der Waals surface area (Å²) >= 11 is 0. The van der Waals surface area contributed by atoms with Gasteiger partial charge in [-0.25, -0.2) is 8.42 Å². The molecule has 25 heteroatoms. The fraction of sp³-hybridized carbons (Fsp3) is 0.0732. The van der Waals surface area contributed by atoms with Gasteiger partial charge < -0.3 is 28.4 Å². The highest BCUT2D eigenvalue weighted by Gasteiger charge is 2.32. The summed E-state index contributed by atoms with van der Waals surface area (Å²) in [7, 11) is -16.8. The predicted octanol–water partition coefficient (Wildman–Crippen LogP) is 17.1. The van der Waals surface area contributed by atoms with Gasteiger partial charge in [0, 0.05) is 33.2 Å². The van der Waals surface area contributed by atoms with Crippen LogP contribution < -0.4 is 28.4 Å². The smallest absolute Gasteiger partial charge is 0.294 e. The number of carbonyl (C=O) groups excluding carboxylic acids is 4. The van der Waals surface area contributed by atoms with Crippen LogP contribution in [0.1, 0.15) is 99.8 Å². The van der Waals surface area contributed by atoms with Crippen LogP contribution in [0.5, 0.6) is 63.2 Å². The number of benzene rings is 12. The molecule has 0 aromatic heterocycles. The van der Waals surface area contributed by atoms with E-state index in [4.69, 9.17) is 28.4 Å². The normalized spacial score (nSPS) is 11.8. The molecule has 107 heavy (non-hydrogen) atoms. The van der Waals surface area contributed by atoms with Crippen LogP contribution in [0.25, 0.3) is 0 Å². The van der Waals surface area contributed by atoms with Crippen LogP contribution in [0.3, 0.4) is 0 Å². The minimum Gasteiger partial charge on any atom is -0.496 e. The average Bonchev–Trinajstić information content (AvgIpc) is 0.765. The Kier molecular flexibility index (Phi) is 21.0. The molecule has 0 radical (unpaired) electrons. The standard InChI is InChI=1S/C82H62O21S4/c1-50-6-19-58(20-7-50)99-59-21-9-52(10-22-59)78(83)70-47-56(17-42-74(70)98-5)82(3,4)57-18-43-75(71(48-57)79(84)53-11-23-60(24-12-53)100-63-29-35-66(36-30-63)105(89,90)91)103-76-44-41-69(49-72(76)80(85)54-13-25-61(26-14-54)101-64-31-37-67(38-32-64)106(92,93)94)104(87,88)77-45-8-51(2)46-73(77)81(86)55-15-27-62(28-16-55)102-65-33-39-68(40-34-65)107(95,96)97/h6-49H,1-5H3,(H,89,90,91)(H,92,93,94)(H,95,96,97). The number of methoxy groups -OCH3 is 1. The molecule has 0 saturated heterocycles. The molecule has 0 fully saturated rings. The lowest BCUT2D eigenvalue weighted by Crippen LogP contribution is -2.21. The largest absolute Gasteiger partial charge is 0.496 e. The van der Waals surface area contributed by atoms with Crippen molar-refractivity contribution in [1.29, 1.82) is 0 Å². The van der Waals surface area contributed by atoms with Crippen LogP contribution in [0.2, 0.25) is 0 Å². The van der Waals surface area contributed by atoms with Gasteiger partial charge in [0.15, 0.2) is 23.1 Å².